The molecule has 6 nitrogen and oxygen atoms in total. The molecule has 0 spiro atoms. The van der Waals surface area contributed by atoms with Crippen LogP contribution >= 0.6 is 0 Å². The van der Waals surface area contributed by atoms with E-state index in [9.17, 15) is 14.4 Å². The summed E-state index contributed by atoms with van der Waals surface area (Å²) in [6.45, 7) is 6.61. The van der Waals surface area contributed by atoms with Gasteiger partial charge in [-0.05, 0) is 70.6 Å². The number of rotatable bonds is 57. The molecule has 410 valence electrons. The molecule has 0 aromatic heterocycles. The number of carbonyl (C=O) groups is 3. The second-order valence-electron chi connectivity index (χ2n) is 21.0. The highest BCUT2D eigenvalue weighted by Crippen LogP contribution is 2.17. The van der Waals surface area contributed by atoms with E-state index in [1.807, 2.05) is 0 Å². The molecule has 0 amide bonds. The van der Waals surface area contributed by atoms with Gasteiger partial charge in [0, 0.05) is 19.3 Å². The van der Waals surface area contributed by atoms with Gasteiger partial charge in [-0.15, -0.1) is 0 Å². The Morgan fingerprint density at radius 1 is 0.286 bits per heavy atom. The van der Waals surface area contributed by atoms with Crippen LogP contribution in [0.2, 0.25) is 0 Å². The minimum atomic E-state index is -0.780. The van der Waals surface area contributed by atoms with Crippen LogP contribution in [0.4, 0.5) is 0 Å². The van der Waals surface area contributed by atoms with Gasteiger partial charge < -0.3 is 14.2 Å². The second kappa shape index (κ2) is 59.2. The van der Waals surface area contributed by atoms with E-state index >= 15 is 0 Å². The van der Waals surface area contributed by atoms with E-state index in [2.05, 4.69) is 57.2 Å². The smallest absolute Gasteiger partial charge is 0.306 e. The molecule has 0 saturated heterocycles. The SMILES string of the molecule is CCCC/C=C\CCCCCCCC(=O)OCC(COC(=O)CCCCCCCCCCCCCCCCCCCCCCCCCCC)OC(=O)CCCCCCC/C=C\C/C=C\CCCCCC. The number of carbonyl (C=O) groups excluding carboxylic acids is 3. The van der Waals surface area contributed by atoms with E-state index < -0.39 is 6.10 Å². The highest BCUT2D eigenvalue weighted by Gasteiger charge is 2.19. The molecule has 0 bridgehead atoms. The van der Waals surface area contributed by atoms with Crippen LogP contribution in [-0.2, 0) is 28.6 Å². The molecule has 0 heterocycles. The Balaban J connectivity index is 4.20. The Bertz CT molecular complexity index is 1170. The maximum atomic E-state index is 12.8. The number of hydrogen-bond donors (Lipinski definition) is 0. The van der Waals surface area contributed by atoms with Crippen LogP contribution in [0.25, 0.3) is 0 Å². The van der Waals surface area contributed by atoms with Crippen LogP contribution in [0.5, 0.6) is 0 Å². The predicted molar refractivity (Wildman–Crippen MR) is 302 cm³/mol. The van der Waals surface area contributed by atoms with Crippen molar-refractivity contribution in [3.63, 3.8) is 0 Å². The maximum absolute atomic E-state index is 12.8. The fourth-order valence-corrected chi connectivity index (χ4v) is 9.16. The molecule has 0 N–H and O–H groups in total. The topological polar surface area (TPSA) is 78.9 Å². The summed E-state index contributed by atoms with van der Waals surface area (Å²) in [6.07, 6.45) is 71.6. The zero-order chi connectivity index (χ0) is 50.7. The zero-order valence-electron chi connectivity index (χ0n) is 47.1. The molecule has 0 saturated carbocycles. The quantitative estimate of drug-likeness (QED) is 0.0261. The molecule has 6 heteroatoms. The van der Waals surface area contributed by atoms with Gasteiger partial charge in [-0.25, -0.2) is 0 Å². The fraction of sp³-hybridized carbons (Fsp3) is 0.859. The van der Waals surface area contributed by atoms with Crippen LogP contribution in [0.1, 0.15) is 335 Å². The summed E-state index contributed by atoms with van der Waals surface area (Å²) in [5.41, 5.74) is 0. The van der Waals surface area contributed by atoms with Crippen LogP contribution in [-0.4, -0.2) is 37.2 Å². The van der Waals surface area contributed by atoms with Gasteiger partial charge in [-0.2, -0.15) is 0 Å². The monoisotopic (exact) mass is 983 g/mol. The Hall–Kier alpha value is -2.37. The third-order valence-electron chi connectivity index (χ3n) is 13.9. The summed E-state index contributed by atoms with van der Waals surface area (Å²) in [5, 5.41) is 0. The molecule has 0 aliphatic carbocycles. The van der Waals surface area contributed by atoms with Crippen LogP contribution in [0.15, 0.2) is 36.5 Å². The van der Waals surface area contributed by atoms with E-state index in [1.165, 1.54) is 205 Å². The lowest BCUT2D eigenvalue weighted by atomic mass is 10.0. The molecule has 0 rings (SSSR count). The number of allylic oxidation sites excluding steroid dienone is 6. The standard InChI is InChI=1S/C64H118O6/c1-4-7-10-13-16-19-22-24-26-28-29-30-31-32-33-34-35-36-38-39-42-45-48-51-54-57-63(66)69-60-61(59-68-62(65)56-53-50-47-44-41-21-18-15-12-9-6-3)70-64(67)58-55-52-49-46-43-40-37-27-25-23-20-17-14-11-8-5-2/h15,18,20,23,27,37,61H,4-14,16-17,19,21-22,24-26,28-36,38-60H2,1-3H3/b18-15-,23-20-,37-27-. The van der Waals surface area contributed by atoms with E-state index in [1.54, 1.807) is 0 Å². The number of unbranched alkanes of at least 4 members (excludes halogenated alkanes) is 40. The van der Waals surface area contributed by atoms with Crippen molar-refractivity contribution in [2.75, 3.05) is 13.2 Å². The molecular formula is C64H118O6. The maximum Gasteiger partial charge on any atom is 0.306 e. The lowest BCUT2D eigenvalue weighted by Crippen LogP contribution is -2.30. The molecular weight excluding hydrogens is 865 g/mol. The summed E-state index contributed by atoms with van der Waals surface area (Å²) in [4.78, 5) is 38.1. The van der Waals surface area contributed by atoms with E-state index in [-0.39, 0.29) is 31.1 Å². The average Bonchev–Trinajstić information content (AvgIpc) is 3.36. The van der Waals surface area contributed by atoms with E-state index in [4.69, 9.17) is 14.2 Å². The highest BCUT2D eigenvalue weighted by atomic mass is 16.6. The Kier molecular flexibility index (Phi) is 57.2. The van der Waals surface area contributed by atoms with Crippen molar-refractivity contribution in [1.29, 1.82) is 0 Å². The minimum Gasteiger partial charge on any atom is -0.462 e. The normalized spacial score (nSPS) is 12.2. The van der Waals surface area contributed by atoms with Crippen molar-refractivity contribution in [1.82, 2.24) is 0 Å². The summed E-state index contributed by atoms with van der Waals surface area (Å²) in [7, 11) is 0. The first kappa shape index (κ1) is 67.6. The van der Waals surface area contributed by atoms with Gasteiger partial charge in [-0.3, -0.25) is 14.4 Å². The number of ether oxygens (including phenoxy) is 3. The van der Waals surface area contributed by atoms with Crippen LogP contribution in [0, 0.1) is 0 Å². The van der Waals surface area contributed by atoms with Gasteiger partial charge in [0.25, 0.3) is 0 Å². The molecule has 0 aliphatic heterocycles. The van der Waals surface area contributed by atoms with Crippen molar-refractivity contribution in [3.05, 3.63) is 36.5 Å². The molecule has 1 unspecified atom stereocenters. The summed E-state index contributed by atoms with van der Waals surface area (Å²) in [5.74, 6) is -0.883. The third-order valence-corrected chi connectivity index (χ3v) is 13.9. The highest BCUT2D eigenvalue weighted by molar-refractivity contribution is 5.71. The molecule has 0 aromatic carbocycles. The van der Waals surface area contributed by atoms with Crippen molar-refractivity contribution < 1.29 is 28.6 Å². The van der Waals surface area contributed by atoms with Crippen LogP contribution < -0.4 is 0 Å². The minimum absolute atomic E-state index is 0.0769. The Labute approximate surface area is 435 Å². The predicted octanol–water partition coefficient (Wildman–Crippen LogP) is 20.8. The molecule has 0 fully saturated rings. The lowest BCUT2D eigenvalue weighted by Gasteiger charge is -2.18. The van der Waals surface area contributed by atoms with Crippen LogP contribution in [0.3, 0.4) is 0 Å². The van der Waals surface area contributed by atoms with Gasteiger partial charge in [0.05, 0.1) is 0 Å². The number of esters is 3. The molecule has 1 atom stereocenters. The molecule has 0 aliphatic rings. The zero-order valence-corrected chi connectivity index (χ0v) is 47.1. The molecule has 70 heavy (non-hydrogen) atoms. The van der Waals surface area contributed by atoms with Gasteiger partial charge in [0.1, 0.15) is 13.2 Å². The fourth-order valence-electron chi connectivity index (χ4n) is 9.16. The lowest BCUT2D eigenvalue weighted by molar-refractivity contribution is -0.167. The first-order chi connectivity index (χ1) is 34.5. The molecule has 0 radical (unpaired) electrons. The summed E-state index contributed by atoms with van der Waals surface area (Å²) in [6, 6.07) is 0. The second-order valence-corrected chi connectivity index (χ2v) is 21.0. The van der Waals surface area contributed by atoms with Gasteiger partial charge in [-0.1, -0.05) is 282 Å². The van der Waals surface area contributed by atoms with Crippen molar-refractivity contribution in [3.8, 4) is 0 Å². The summed E-state index contributed by atoms with van der Waals surface area (Å²) < 4.78 is 16.9. The van der Waals surface area contributed by atoms with E-state index in [0.29, 0.717) is 19.3 Å². The Morgan fingerprint density at radius 3 is 0.857 bits per heavy atom. The van der Waals surface area contributed by atoms with Gasteiger partial charge in [0.2, 0.25) is 0 Å². The van der Waals surface area contributed by atoms with Crippen molar-refractivity contribution in [2.45, 2.75) is 341 Å². The largest absolute Gasteiger partial charge is 0.462 e. The molecule has 0 aromatic rings. The van der Waals surface area contributed by atoms with Gasteiger partial charge >= 0.3 is 17.9 Å². The van der Waals surface area contributed by atoms with Crippen molar-refractivity contribution in [2.24, 2.45) is 0 Å². The van der Waals surface area contributed by atoms with E-state index in [0.717, 1.165) is 89.9 Å². The first-order valence-electron chi connectivity index (χ1n) is 31.0. The van der Waals surface area contributed by atoms with Crippen molar-refractivity contribution >= 4 is 17.9 Å². The summed E-state index contributed by atoms with van der Waals surface area (Å²) >= 11 is 0. The number of hydrogen-bond acceptors (Lipinski definition) is 6. The van der Waals surface area contributed by atoms with Gasteiger partial charge in [0.15, 0.2) is 6.10 Å². The average molecular weight is 984 g/mol. The third kappa shape index (κ3) is 56.5. The first-order valence-corrected chi connectivity index (χ1v) is 31.0. The Morgan fingerprint density at radius 2 is 0.529 bits per heavy atom.